The fourth-order valence-electron chi connectivity index (χ4n) is 5.95. The van der Waals surface area contributed by atoms with Gasteiger partial charge in [-0.3, -0.25) is 9.59 Å². The molecule has 246 valence electrons. The van der Waals surface area contributed by atoms with Crippen molar-refractivity contribution in [3.63, 3.8) is 0 Å². The van der Waals surface area contributed by atoms with Crippen LogP contribution in [0.1, 0.15) is 42.3 Å². The number of nitrogens with zero attached hydrogens (tertiary/aromatic N) is 1. The summed E-state index contributed by atoms with van der Waals surface area (Å²) in [7, 11) is 0. The Morgan fingerprint density at radius 3 is 2.00 bits per heavy atom. The van der Waals surface area contributed by atoms with Crippen molar-refractivity contribution >= 4 is 40.3 Å². The summed E-state index contributed by atoms with van der Waals surface area (Å²) in [6.45, 7) is 9.71. The van der Waals surface area contributed by atoms with E-state index in [1.807, 2.05) is 49.4 Å². The van der Waals surface area contributed by atoms with E-state index in [9.17, 15) is 19.5 Å². The first kappa shape index (κ1) is 34.0. The third-order valence-electron chi connectivity index (χ3n) is 8.20. The zero-order chi connectivity index (χ0) is 33.4. The van der Waals surface area contributed by atoms with Crippen molar-refractivity contribution < 1.29 is 24.2 Å². The summed E-state index contributed by atoms with van der Waals surface area (Å²) in [6.07, 6.45) is 0. The van der Waals surface area contributed by atoms with Gasteiger partial charge >= 0.3 is 5.97 Å². The first-order valence-corrected chi connectivity index (χ1v) is 16.8. The SMILES string of the molecule is CCOc1ccc2ccccc2c1C(=O)NC1C(=O)N2C1SC(C)(C)C2C(=O)O.c1ccc(CNCCNCc2ccccc2)cc1. The molecule has 6 rings (SSSR count). The molecule has 9 nitrogen and oxygen atoms in total. The molecule has 2 aliphatic rings. The van der Waals surface area contributed by atoms with E-state index in [2.05, 4.69) is 64.5 Å². The van der Waals surface area contributed by atoms with Gasteiger partial charge in [0, 0.05) is 30.9 Å². The average Bonchev–Trinajstić information content (AvgIpc) is 3.34. The Morgan fingerprint density at radius 2 is 1.43 bits per heavy atom. The third-order valence-corrected chi connectivity index (χ3v) is 9.77. The van der Waals surface area contributed by atoms with Gasteiger partial charge in [0.05, 0.1) is 12.2 Å². The van der Waals surface area contributed by atoms with E-state index in [0.29, 0.717) is 17.9 Å². The van der Waals surface area contributed by atoms with Crippen molar-refractivity contribution in [1.82, 2.24) is 20.9 Å². The maximum atomic E-state index is 13.2. The molecular formula is C37H42N4O5S. The normalized spacial score (nSPS) is 19.3. The predicted molar refractivity (Wildman–Crippen MR) is 186 cm³/mol. The summed E-state index contributed by atoms with van der Waals surface area (Å²) in [5, 5.41) is 20.4. The van der Waals surface area contributed by atoms with Crippen molar-refractivity contribution in [3.8, 4) is 5.75 Å². The molecule has 0 radical (unpaired) electrons. The number of β-lactam (4-membered cyclic amide) rings is 1. The summed E-state index contributed by atoms with van der Waals surface area (Å²) in [4.78, 5) is 38.9. The van der Waals surface area contributed by atoms with Gasteiger partial charge < -0.3 is 30.7 Å². The molecule has 3 atom stereocenters. The lowest BCUT2D eigenvalue weighted by molar-refractivity contribution is -0.159. The number of nitrogens with one attached hydrogen (secondary N) is 3. The Balaban J connectivity index is 0.000000207. The topological polar surface area (TPSA) is 120 Å². The molecule has 0 saturated carbocycles. The van der Waals surface area contributed by atoms with E-state index in [0.717, 1.165) is 37.0 Å². The standard InChI is InChI=1S/C21H22N2O5S.C16H20N2/c1-4-28-13-10-9-11-7-5-6-8-12(11)14(13)17(24)22-15-18(25)23-16(20(26)27)21(2,3)29-19(15)23;1-3-7-15(8-4-1)13-17-11-12-18-14-16-9-5-2-6-10-16/h5-10,15-16,19H,4H2,1-3H3,(H,22,24)(H,26,27);1-10,17-18H,11-14H2. The zero-order valence-electron chi connectivity index (χ0n) is 26.9. The highest BCUT2D eigenvalue weighted by Gasteiger charge is 2.64. The summed E-state index contributed by atoms with van der Waals surface area (Å²) in [6, 6.07) is 30.4. The first-order chi connectivity index (χ1) is 22.7. The Labute approximate surface area is 280 Å². The van der Waals surface area contributed by atoms with Crippen LogP contribution in [0.4, 0.5) is 0 Å². The van der Waals surface area contributed by atoms with Gasteiger partial charge in [-0.25, -0.2) is 4.79 Å². The number of ether oxygens (including phenoxy) is 1. The minimum atomic E-state index is -1.03. The molecule has 4 N–H and O–H groups in total. The number of fused-ring (bicyclic) bond motifs is 2. The molecule has 4 aromatic carbocycles. The van der Waals surface area contributed by atoms with Crippen molar-refractivity contribution in [1.29, 1.82) is 0 Å². The highest BCUT2D eigenvalue weighted by Crippen LogP contribution is 2.50. The number of carboxylic acids is 1. The number of carbonyl (C=O) groups is 3. The van der Waals surface area contributed by atoms with Crippen LogP contribution < -0.4 is 20.7 Å². The van der Waals surface area contributed by atoms with E-state index in [-0.39, 0.29) is 5.91 Å². The Hall–Kier alpha value is -4.38. The Bertz CT molecular complexity index is 1640. The summed E-state index contributed by atoms with van der Waals surface area (Å²) < 4.78 is 5.02. The molecule has 10 heteroatoms. The van der Waals surface area contributed by atoms with Crippen LogP contribution in [-0.4, -0.2) is 69.7 Å². The van der Waals surface area contributed by atoms with Gasteiger partial charge in [0.2, 0.25) is 5.91 Å². The summed E-state index contributed by atoms with van der Waals surface area (Å²) in [5.74, 6) is -1.35. The molecule has 0 aliphatic carbocycles. The van der Waals surface area contributed by atoms with Crippen LogP contribution in [0.3, 0.4) is 0 Å². The summed E-state index contributed by atoms with van der Waals surface area (Å²) in [5.41, 5.74) is 3.05. The van der Waals surface area contributed by atoms with E-state index in [1.54, 1.807) is 19.9 Å². The first-order valence-electron chi connectivity index (χ1n) is 15.9. The fraction of sp³-hybridized carbons (Fsp3) is 0.324. The quantitative estimate of drug-likeness (QED) is 0.124. The van der Waals surface area contributed by atoms with Gasteiger partial charge in [-0.1, -0.05) is 91.0 Å². The van der Waals surface area contributed by atoms with Gasteiger partial charge in [-0.2, -0.15) is 0 Å². The molecule has 2 saturated heterocycles. The number of benzene rings is 4. The van der Waals surface area contributed by atoms with E-state index < -0.39 is 34.1 Å². The molecule has 2 aliphatic heterocycles. The van der Waals surface area contributed by atoms with E-state index in [4.69, 9.17) is 4.74 Å². The number of hydrogen-bond acceptors (Lipinski definition) is 7. The maximum absolute atomic E-state index is 13.2. The highest BCUT2D eigenvalue weighted by molar-refractivity contribution is 8.01. The van der Waals surface area contributed by atoms with Gasteiger partial charge in [0.1, 0.15) is 23.2 Å². The van der Waals surface area contributed by atoms with E-state index >= 15 is 0 Å². The number of rotatable bonds is 12. The molecule has 2 amide bonds. The fourth-order valence-corrected chi connectivity index (χ4v) is 7.58. The van der Waals surface area contributed by atoms with Crippen LogP contribution in [-0.2, 0) is 22.7 Å². The zero-order valence-corrected chi connectivity index (χ0v) is 27.8. The van der Waals surface area contributed by atoms with Crippen LogP contribution in [0, 0.1) is 0 Å². The van der Waals surface area contributed by atoms with Gasteiger partial charge in [0.25, 0.3) is 5.91 Å². The molecular weight excluding hydrogens is 612 g/mol. The molecule has 0 bridgehead atoms. The smallest absolute Gasteiger partial charge is 0.327 e. The van der Waals surface area contributed by atoms with Crippen molar-refractivity contribution in [2.24, 2.45) is 0 Å². The number of thioether (sulfide) groups is 1. The molecule has 3 unspecified atom stereocenters. The molecule has 2 heterocycles. The molecule has 4 aromatic rings. The van der Waals surface area contributed by atoms with Crippen LogP contribution in [0.25, 0.3) is 10.8 Å². The lowest BCUT2D eigenvalue weighted by atomic mass is 9.95. The minimum Gasteiger partial charge on any atom is -0.493 e. The van der Waals surface area contributed by atoms with Gasteiger partial charge in [0.15, 0.2) is 0 Å². The molecule has 0 spiro atoms. The van der Waals surface area contributed by atoms with Gasteiger partial charge in [-0.15, -0.1) is 11.8 Å². The second-order valence-corrected chi connectivity index (χ2v) is 13.7. The minimum absolute atomic E-state index is 0.368. The Kier molecular flexibility index (Phi) is 11.2. The monoisotopic (exact) mass is 654 g/mol. The third kappa shape index (κ3) is 7.96. The van der Waals surface area contributed by atoms with E-state index in [1.165, 1.54) is 27.8 Å². The number of amides is 2. The molecule has 2 fully saturated rings. The summed E-state index contributed by atoms with van der Waals surface area (Å²) >= 11 is 1.40. The number of hydrogen-bond donors (Lipinski definition) is 4. The van der Waals surface area contributed by atoms with Crippen molar-refractivity contribution in [2.45, 2.75) is 56.1 Å². The largest absolute Gasteiger partial charge is 0.493 e. The molecule has 47 heavy (non-hydrogen) atoms. The number of carboxylic acid groups (broad SMARTS) is 1. The Morgan fingerprint density at radius 1 is 0.851 bits per heavy atom. The van der Waals surface area contributed by atoms with Crippen LogP contribution in [0.5, 0.6) is 5.75 Å². The van der Waals surface area contributed by atoms with Crippen LogP contribution in [0.15, 0.2) is 97.1 Å². The second kappa shape index (κ2) is 15.5. The van der Waals surface area contributed by atoms with Crippen LogP contribution in [0.2, 0.25) is 0 Å². The lowest BCUT2D eigenvalue weighted by Crippen LogP contribution is -2.70. The highest BCUT2D eigenvalue weighted by atomic mass is 32.2. The average molecular weight is 655 g/mol. The van der Waals surface area contributed by atoms with Crippen LogP contribution >= 0.6 is 11.8 Å². The number of aliphatic carboxylic acids is 1. The van der Waals surface area contributed by atoms with Crippen molar-refractivity contribution in [3.05, 3.63) is 114 Å². The lowest BCUT2D eigenvalue weighted by Gasteiger charge is -2.43. The van der Waals surface area contributed by atoms with Crippen molar-refractivity contribution in [2.75, 3.05) is 19.7 Å². The van der Waals surface area contributed by atoms with Gasteiger partial charge in [-0.05, 0) is 48.7 Å². The second-order valence-electron chi connectivity index (χ2n) is 12.0. The number of carbonyl (C=O) groups excluding carboxylic acids is 2. The predicted octanol–water partition coefficient (Wildman–Crippen LogP) is 5.05. The maximum Gasteiger partial charge on any atom is 0.327 e. The molecule has 0 aromatic heterocycles.